The molecule has 742 valence electrons. The van der Waals surface area contributed by atoms with Gasteiger partial charge in [0, 0.05) is 163 Å². The fourth-order valence-corrected chi connectivity index (χ4v) is 17.4. The molecule has 9 rings (SSSR count). The first-order valence-electron chi connectivity index (χ1n) is 40.6. The number of halogens is 1. The lowest BCUT2D eigenvalue weighted by Crippen LogP contribution is -2.32. The van der Waals surface area contributed by atoms with E-state index < -0.39 is 177 Å². The molecule has 0 aromatic heterocycles. The Hall–Kier alpha value is -11.7. The number of carboxylic acid groups (broad SMARTS) is 2. The van der Waals surface area contributed by atoms with Crippen molar-refractivity contribution >= 4 is 176 Å². The Bertz CT molecular complexity index is 6420. The van der Waals surface area contributed by atoms with Crippen LogP contribution in [0, 0.1) is 0 Å². The lowest BCUT2D eigenvalue weighted by Gasteiger charge is -2.27. The zero-order valence-electron chi connectivity index (χ0n) is 76.0. The maximum atomic E-state index is 13.7. The molecule has 2 amide bonds. The van der Waals surface area contributed by atoms with Gasteiger partial charge >= 0.3 is 56.1 Å². The van der Waals surface area contributed by atoms with Crippen LogP contribution in [-0.4, -0.2) is 267 Å². The second kappa shape index (κ2) is 54.1. The predicted octanol–water partition coefficient (Wildman–Crippen LogP) is 6.29. The molecule has 43 nitrogen and oxygen atoms in total. The van der Waals surface area contributed by atoms with Crippen LogP contribution in [0.3, 0.4) is 0 Å². The van der Waals surface area contributed by atoms with Gasteiger partial charge in [-0.3, -0.25) is 32.7 Å². The molecular weight excluding hydrogens is 1950 g/mol. The second-order valence-corrected chi connectivity index (χ2v) is 40.1. The topological polar surface area (TPSA) is 693 Å². The van der Waals surface area contributed by atoms with Crippen molar-refractivity contribution in [3.63, 3.8) is 0 Å². The first-order chi connectivity index (χ1) is 62.8. The Balaban J connectivity index is 0.000000974. The number of amides is 2. The number of nitrogens with one attached hydrogen (secondary N) is 3. The fourth-order valence-electron chi connectivity index (χ4n) is 15.2. The number of carbonyl (C=O) groups excluding carboxylic acids is 8. The van der Waals surface area contributed by atoms with Gasteiger partial charge in [-0.15, -0.1) is 37.9 Å². The van der Waals surface area contributed by atoms with Crippen molar-refractivity contribution in [2.75, 3.05) is 85.4 Å². The van der Waals surface area contributed by atoms with E-state index in [-0.39, 0.29) is 78.5 Å². The van der Waals surface area contributed by atoms with Crippen LogP contribution in [0.2, 0.25) is 0 Å². The number of ketones is 2. The molecular formula is C83H104FN7O36S8. The summed E-state index contributed by atoms with van der Waals surface area (Å²) in [6.45, 7) is 23.3. The molecule has 5 aromatic carbocycles. The normalized spacial score (nSPS) is 14.6. The number of anilines is 2. The molecule has 4 heterocycles. The molecule has 0 saturated heterocycles. The Labute approximate surface area is 785 Å². The van der Waals surface area contributed by atoms with Gasteiger partial charge in [-0.2, -0.15) is 49.7 Å². The van der Waals surface area contributed by atoms with E-state index in [1.54, 1.807) is 65.4 Å². The number of hydrogen-bond acceptors (Lipinski definition) is 34. The number of aromatic carboxylic acids is 2. The number of hydrogen-bond donors (Lipinski definition) is 7. The van der Waals surface area contributed by atoms with Crippen LogP contribution in [0.15, 0.2) is 127 Å². The van der Waals surface area contributed by atoms with E-state index in [0.717, 1.165) is 41.2 Å². The van der Waals surface area contributed by atoms with Crippen molar-refractivity contribution in [1.82, 2.24) is 10.6 Å². The summed E-state index contributed by atoms with van der Waals surface area (Å²) in [5, 5.41) is 27.8. The monoisotopic (exact) mass is 2050 g/mol. The zero-order chi connectivity index (χ0) is 105. The highest BCUT2D eigenvalue weighted by molar-refractivity contribution is 7.86. The molecule has 0 aliphatic carbocycles. The third-order valence-corrected chi connectivity index (χ3v) is 24.3. The summed E-state index contributed by atoms with van der Waals surface area (Å²) in [5.41, 5.74) is 7.49. The Morgan fingerprint density at radius 1 is 0.489 bits per heavy atom. The van der Waals surface area contributed by atoms with Crippen LogP contribution in [0.25, 0.3) is 0 Å². The quantitative estimate of drug-likeness (QED) is 0.0133. The summed E-state index contributed by atoms with van der Waals surface area (Å²) in [5.74, 6) is -6.72. The molecule has 52 heteroatoms. The first kappa shape index (κ1) is 119. The van der Waals surface area contributed by atoms with Crippen molar-refractivity contribution in [2.24, 2.45) is 0 Å². The third kappa shape index (κ3) is 37.8. The molecule has 0 atom stereocenters. The first-order valence-corrected chi connectivity index (χ1v) is 50.9. The summed E-state index contributed by atoms with van der Waals surface area (Å²) in [6.07, 6.45) is 12.6. The largest absolute Gasteiger partial charge is 0.748 e. The number of carboxylic acids is 2. The van der Waals surface area contributed by atoms with Crippen LogP contribution < -0.4 is 20.9 Å². The molecule has 0 radical (unpaired) electrons. The molecule has 0 spiro atoms. The number of allylic oxidation sites excluding steroid dienone is 5. The van der Waals surface area contributed by atoms with Crippen LogP contribution in [0.4, 0.5) is 32.8 Å². The van der Waals surface area contributed by atoms with Gasteiger partial charge in [0.05, 0.1) is 94.4 Å². The summed E-state index contributed by atoms with van der Waals surface area (Å²) in [7, 11) is -32.3. The smallest absolute Gasteiger partial charge is 0.425 e. The molecule has 0 unspecified atom stereocenters. The number of carbonyl (C=O) groups is 6. The van der Waals surface area contributed by atoms with Gasteiger partial charge in [0.25, 0.3) is 32.1 Å². The molecule has 0 bridgehead atoms. The van der Waals surface area contributed by atoms with Gasteiger partial charge < -0.3 is 44.7 Å². The molecule has 7 N–H and O–H groups in total. The van der Waals surface area contributed by atoms with Gasteiger partial charge in [-0.05, 0) is 109 Å². The number of Topliss-reactive ketones (excluding diaryl/α,β-unsaturated/α-hetero) is 2. The maximum Gasteiger partial charge on any atom is 0.425 e. The highest BCUT2D eigenvalue weighted by atomic mass is 32.2. The maximum absolute atomic E-state index is 13.7. The Morgan fingerprint density at radius 3 is 1.27 bits per heavy atom. The average Bonchev–Trinajstić information content (AvgIpc) is 1.59. The minimum absolute atomic E-state index is 0.00899. The van der Waals surface area contributed by atoms with Gasteiger partial charge in [0.1, 0.15) is 19.6 Å². The van der Waals surface area contributed by atoms with Crippen LogP contribution in [0.1, 0.15) is 220 Å². The van der Waals surface area contributed by atoms with E-state index in [1.165, 1.54) is 12.1 Å². The molecule has 5 aromatic rings. The highest BCUT2D eigenvalue weighted by Crippen LogP contribution is 2.51. The average molecular weight is 2050 g/mol. The molecule has 135 heavy (non-hydrogen) atoms. The molecule has 4 aliphatic rings. The number of fused-ring (bicyclic) bond motifs is 4. The Morgan fingerprint density at radius 2 is 0.874 bits per heavy atom. The third-order valence-electron chi connectivity index (χ3n) is 20.5. The minimum atomic E-state index is -4.52. The number of rotatable bonds is 35. The van der Waals surface area contributed by atoms with Crippen molar-refractivity contribution < 1.29 is 180 Å². The fraction of sp³-hybridized carbons (Fsp3) is 0.434. The van der Waals surface area contributed by atoms with Crippen molar-refractivity contribution in [3.8, 4) is 0 Å². The van der Waals surface area contributed by atoms with Crippen LogP contribution in [-0.2, 0) is 123 Å². The van der Waals surface area contributed by atoms with Gasteiger partial charge in [-0.25, -0.2) is 34.8 Å². The zero-order valence-corrected chi connectivity index (χ0v) is 81.5. The standard InChI is InChI=1S/C36H46N4O13S3.C22H24N2O5S.C22H31NO5S.CH3F.2CO2.3O3S/c1-6-16-39-27-22-23(32(41)37-14-19-55(48,49)50)21-25(33(42)38-15-20-56(51,52)53)31(27)36(4,5)28(39)12-8-13-29-35(2,3)30-24(34(43)44)10-7-11-26(30)40(29)17-9-18-54(45,46)47;1-22(2)19(12-13-23-16-8-4-3-5-9-16)24(14-7-15-30(27,28)29)18-11-6-10-17(20(18)22)21(25)26;1-6-9-19(24)16-13-17(20(25)10-7-2)21-18(14-16)23(15(3)22(21,4)5)11-8-12-29(26,27)28;1-2;2*2-1-3;3*1-4(2)3/h7-8,10-13,21-22H,6,9,14-20H2,1-5H3,(H5-,37,38,41,42,43,44,45,46,47,48,49,50,51,52,53);3-6,8-13H,7,14-15H2,1-2H3,(H2,25,26,27,28,29);13-14H,6-12H2,1-5H3;1H3;;;;;/i;;;1D;;;;;. The second-order valence-electron chi connectivity index (χ2n) is 31.1. The number of para-hydroxylation sites is 1. The van der Waals surface area contributed by atoms with Gasteiger partial charge in [-0.1, -0.05) is 71.0 Å². The number of nitrogens with zero attached hydrogens (tertiary/aromatic N) is 4. The summed E-state index contributed by atoms with van der Waals surface area (Å²) >= 11 is 0. The number of benzene rings is 5. The summed E-state index contributed by atoms with van der Waals surface area (Å²) in [6, 6.07) is 25.8. The molecule has 0 fully saturated rings. The molecule has 4 aliphatic heterocycles. The Kier molecular flexibility index (Phi) is 47.8. The van der Waals surface area contributed by atoms with E-state index in [2.05, 4.69) is 16.0 Å². The van der Waals surface area contributed by atoms with Gasteiger partial charge in [0.15, 0.2) is 28.7 Å². The van der Waals surface area contributed by atoms with E-state index in [9.17, 15) is 104 Å². The lowest BCUT2D eigenvalue weighted by molar-refractivity contribution is -0.438. The van der Waals surface area contributed by atoms with Crippen molar-refractivity contribution in [3.05, 3.63) is 183 Å². The minimum Gasteiger partial charge on any atom is -0.748 e. The van der Waals surface area contributed by atoms with Gasteiger partial charge in [0.2, 0.25) is 17.1 Å². The van der Waals surface area contributed by atoms with E-state index in [1.807, 2.05) is 146 Å². The molecule has 0 saturated carbocycles. The number of alkyl halides is 1. The predicted molar refractivity (Wildman–Crippen MR) is 481 cm³/mol. The van der Waals surface area contributed by atoms with E-state index in [0.29, 0.717) is 88.6 Å². The van der Waals surface area contributed by atoms with E-state index in [4.69, 9.17) is 63.0 Å². The van der Waals surface area contributed by atoms with Crippen molar-refractivity contribution in [2.45, 2.75) is 156 Å². The van der Waals surface area contributed by atoms with Crippen LogP contribution >= 0.6 is 0 Å². The SMILES string of the molecule is CC1(C)C(/C=C/Nc2ccccc2)=[N+](CCCS(=O)(=O)[O-])c2cccc(C(=O)O)c21.CCCC(=O)c1cc(C(=O)CCC)c2c(c1)[N+](CCCS(=O)(=O)[O-])=C(C)C2(C)C.CCCN1/C(=C/C=C/C2=[N+](CCCS(=O)(=O)[O-])c3cccc(C(=O)O)c3C2(C)C)C(C)(C)c2c(C(=O)NCCS(=O)(=O)O)cc(C(=O)NCCS(=O)(=O)O)cc21.O=C=O.O=C=O.O=S(=O)=O.O=S(=O)=O.O=S(=O)=O.[2H]CF. The summed E-state index contributed by atoms with van der Waals surface area (Å²) < 4.78 is 261. The summed E-state index contributed by atoms with van der Waals surface area (Å²) in [4.78, 5) is 111. The van der Waals surface area contributed by atoms with Crippen LogP contribution in [0.5, 0.6) is 0 Å². The lowest BCUT2D eigenvalue weighted by atomic mass is 9.77. The van der Waals surface area contributed by atoms with Crippen molar-refractivity contribution in [1.29, 1.82) is 0 Å². The van der Waals surface area contributed by atoms with E-state index >= 15 is 0 Å². The highest BCUT2D eigenvalue weighted by Gasteiger charge is 2.51.